The minimum absolute atomic E-state index is 0.761. The standard InChI is InChI=1S/C22H30Br2O2S/c23-14-5-1-3-7-16-25-19-11-9-12-20(22(19)21-13-10-18-27-21)26-17-8-4-2-6-15-24/h9-13,18H,1-8,14-17H2. The van der Waals surface area contributed by atoms with Gasteiger partial charge in [-0.1, -0.05) is 69.7 Å². The van der Waals surface area contributed by atoms with Gasteiger partial charge in [0.15, 0.2) is 0 Å². The van der Waals surface area contributed by atoms with Crippen LogP contribution in [-0.2, 0) is 0 Å². The summed E-state index contributed by atoms with van der Waals surface area (Å²) in [4.78, 5) is 1.21. The number of rotatable bonds is 15. The molecule has 1 aromatic carbocycles. The first-order valence-corrected chi connectivity index (χ1v) is 13.0. The van der Waals surface area contributed by atoms with Crippen molar-refractivity contribution in [2.24, 2.45) is 0 Å². The monoisotopic (exact) mass is 516 g/mol. The number of hydrogen-bond acceptors (Lipinski definition) is 3. The van der Waals surface area contributed by atoms with Crippen LogP contribution in [0, 0.1) is 0 Å². The lowest BCUT2D eigenvalue weighted by Crippen LogP contribution is -2.02. The predicted octanol–water partition coefficient (Wildman–Crippen LogP) is 8.08. The molecular weight excluding hydrogens is 488 g/mol. The molecule has 27 heavy (non-hydrogen) atoms. The molecule has 1 aromatic heterocycles. The summed E-state index contributed by atoms with van der Waals surface area (Å²) in [5, 5.41) is 4.29. The molecule has 2 aromatic rings. The molecule has 0 saturated carbocycles. The molecule has 0 saturated heterocycles. The van der Waals surface area contributed by atoms with Crippen LogP contribution in [-0.4, -0.2) is 23.9 Å². The molecule has 0 radical (unpaired) electrons. The van der Waals surface area contributed by atoms with E-state index in [9.17, 15) is 0 Å². The van der Waals surface area contributed by atoms with Gasteiger partial charge in [0.2, 0.25) is 0 Å². The Kier molecular flexibility index (Phi) is 12.2. The average Bonchev–Trinajstić information content (AvgIpc) is 3.21. The van der Waals surface area contributed by atoms with Crippen molar-refractivity contribution >= 4 is 43.2 Å². The lowest BCUT2D eigenvalue weighted by atomic mass is 10.1. The number of unbranched alkanes of at least 4 members (excludes halogenated alkanes) is 6. The minimum atomic E-state index is 0.761. The Morgan fingerprint density at radius 3 is 1.70 bits per heavy atom. The second-order valence-corrected chi connectivity index (χ2v) is 9.04. The molecule has 0 aliphatic carbocycles. The first-order valence-electron chi connectivity index (χ1n) is 9.91. The Morgan fingerprint density at radius 2 is 1.22 bits per heavy atom. The van der Waals surface area contributed by atoms with Gasteiger partial charge in [0.25, 0.3) is 0 Å². The minimum Gasteiger partial charge on any atom is -0.493 e. The summed E-state index contributed by atoms with van der Waals surface area (Å²) < 4.78 is 12.3. The predicted molar refractivity (Wildman–Crippen MR) is 125 cm³/mol. The van der Waals surface area contributed by atoms with Crippen molar-refractivity contribution in [2.45, 2.75) is 51.4 Å². The highest BCUT2D eigenvalue weighted by atomic mass is 79.9. The van der Waals surface area contributed by atoms with E-state index in [1.807, 2.05) is 6.07 Å². The topological polar surface area (TPSA) is 18.5 Å². The fourth-order valence-electron chi connectivity index (χ4n) is 2.88. The van der Waals surface area contributed by atoms with Gasteiger partial charge in [-0.2, -0.15) is 0 Å². The molecule has 0 aliphatic heterocycles. The largest absolute Gasteiger partial charge is 0.493 e. The number of alkyl halides is 2. The van der Waals surface area contributed by atoms with Crippen LogP contribution in [0.4, 0.5) is 0 Å². The Labute approximate surface area is 184 Å². The Hall–Kier alpha value is -0.520. The van der Waals surface area contributed by atoms with Crippen LogP contribution < -0.4 is 9.47 Å². The van der Waals surface area contributed by atoms with Crippen molar-refractivity contribution in [3.63, 3.8) is 0 Å². The van der Waals surface area contributed by atoms with E-state index in [4.69, 9.17) is 9.47 Å². The number of benzene rings is 1. The summed E-state index contributed by atoms with van der Waals surface area (Å²) in [6, 6.07) is 10.4. The van der Waals surface area contributed by atoms with Gasteiger partial charge in [0, 0.05) is 15.5 Å². The highest BCUT2D eigenvalue weighted by Crippen LogP contribution is 2.41. The lowest BCUT2D eigenvalue weighted by Gasteiger charge is -2.15. The maximum Gasteiger partial charge on any atom is 0.131 e. The third kappa shape index (κ3) is 8.57. The summed E-state index contributed by atoms with van der Waals surface area (Å²) in [6.45, 7) is 1.52. The first kappa shape index (κ1) is 22.8. The summed E-state index contributed by atoms with van der Waals surface area (Å²) in [6.07, 6.45) is 9.59. The summed E-state index contributed by atoms with van der Waals surface area (Å²) in [5.41, 5.74) is 1.11. The average molecular weight is 518 g/mol. The van der Waals surface area contributed by atoms with Crippen LogP contribution in [0.1, 0.15) is 51.4 Å². The maximum atomic E-state index is 6.15. The second kappa shape index (κ2) is 14.5. The lowest BCUT2D eigenvalue weighted by molar-refractivity contribution is 0.293. The van der Waals surface area contributed by atoms with Gasteiger partial charge in [-0.25, -0.2) is 0 Å². The fraction of sp³-hybridized carbons (Fsp3) is 0.545. The third-order valence-electron chi connectivity index (χ3n) is 4.33. The fourth-order valence-corrected chi connectivity index (χ4v) is 4.45. The van der Waals surface area contributed by atoms with Gasteiger partial charge in [-0.05, 0) is 49.3 Å². The van der Waals surface area contributed by atoms with Gasteiger partial charge in [-0.3, -0.25) is 0 Å². The zero-order chi connectivity index (χ0) is 19.2. The molecule has 2 nitrogen and oxygen atoms in total. The zero-order valence-corrected chi connectivity index (χ0v) is 19.9. The first-order chi connectivity index (χ1) is 13.4. The number of ether oxygens (including phenoxy) is 2. The quantitative estimate of drug-likeness (QED) is 0.175. The van der Waals surface area contributed by atoms with E-state index < -0.39 is 0 Å². The molecule has 0 N–H and O–H groups in total. The van der Waals surface area contributed by atoms with Crippen molar-refractivity contribution in [1.82, 2.24) is 0 Å². The van der Waals surface area contributed by atoms with Gasteiger partial charge in [0.05, 0.1) is 18.8 Å². The Morgan fingerprint density at radius 1 is 0.667 bits per heavy atom. The zero-order valence-electron chi connectivity index (χ0n) is 15.9. The van der Waals surface area contributed by atoms with Crippen molar-refractivity contribution in [2.75, 3.05) is 23.9 Å². The van der Waals surface area contributed by atoms with Crippen LogP contribution in [0.5, 0.6) is 11.5 Å². The van der Waals surface area contributed by atoms with Crippen LogP contribution in [0.25, 0.3) is 10.4 Å². The molecule has 0 spiro atoms. The molecule has 1 heterocycles. The normalized spacial score (nSPS) is 10.9. The molecule has 0 bridgehead atoms. The van der Waals surface area contributed by atoms with Crippen molar-refractivity contribution in [3.8, 4) is 21.9 Å². The van der Waals surface area contributed by atoms with Crippen LogP contribution in [0.2, 0.25) is 0 Å². The molecule has 0 unspecified atom stereocenters. The summed E-state index contributed by atoms with van der Waals surface area (Å²) in [7, 11) is 0. The number of thiophene rings is 1. The third-order valence-corrected chi connectivity index (χ3v) is 6.34. The van der Waals surface area contributed by atoms with Gasteiger partial charge in [-0.15, -0.1) is 11.3 Å². The van der Waals surface area contributed by atoms with E-state index in [-0.39, 0.29) is 0 Å². The molecular formula is C22H30Br2O2S. The van der Waals surface area contributed by atoms with Crippen molar-refractivity contribution in [1.29, 1.82) is 0 Å². The van der Waals surface area contributed by atoms with E-state index in [0.29, 0.717) is 0 Å². The number of hydrogen-bond donors (Lipinski definition) is 0. The molecule has 0 aliphatic rings. The van der Waals surface area contributed by atoms with E-state index in [1.54, 1.807) is 11.3 Å². The van der Waals surface area contributed by atoms with E-state index in [2.05, 4.69) is 61.5 Å². The van der Waals surface area contributed by atoms with E-state index in [0.717, 1.165) is 53.8 Å². The SMILES string of the molecule is BrCCCCCCOc1cccc(OCCCCCCBr)c1-c1cccs1. The van der Waals surface area contributed by atoms with E-state index in [1.165, 1.54) is 43.4 Å². The van der Waals surface area contributed by atoms with Crippen molar-refractivity contribution in [3.05, 3.63) is 35.7 Å². The second-order valence-electron chi connectivity index (χ2n) is 6.51. The van der Waals surface area contributed by atoms with Crippen LogP contribution in [0.3, 0.4) is 0 Å². The molecule has 0 atom stereocenters. The smallest absolute Gasteiger partial charge is 0.131 e. The van der Waals surface area contributed by atoms with E-state index >= 15 is 0 Å². The molecule has 0 amide bonds. The number of halogens is 2. The van der Waals surface area contributed by atoms with Gasteiger partial charge in [0.1, 0.15) is 11.5 Å². The van der Waals surface area contributed by atoms with Gasteiger partial charge < -0.3 is 9.47 Å². The van der Waals surface area contributed by atoms with Crippen molar-refractivity contribution < 1.29 is 9.47 Å². The molecule has 0 fully saturated rings. The molecule has 2 rings (SSSR count). The Bertz CT molecular complexity index is 583. The maximum absolute atomic E-state index is 6.15. The van der Waals surface area contributed by atoms with Crippen LogP contribution in [0.15, 0.2) is 35.7 Å². The highest BCUT2D eigenvalue weighted by molar-refractivity contribution is 9.09. The molecule has 150 valence electrons. The highest BCUT2D eigenvalue weighted by Gasteiger charge is 2.14. The summed E-state index contributed by atoms with van der Waals surface area (Å²) >= 11 is 8.71. The van der Waals surface area contributed by atoms with Crippen LogP contribution >= 0.6 is 43.2 Å². The Balaban J connectivity index is 1.95. The molecule has 5 heteroatoms. The van der Waals surface area contributed by atoms with Gasteiger partial charge >= 0.3 is 0 Å². The summed E-state index contributed by atoms with van der Waals surface area (Å²) in [5.74, 6) is 1.88.